The number of carbonyl (C=O) groups is 2. The van der Waals surface area contributed by atoms with Crippen LogP contribution in [0.2, 0.25) is 0 Å². The third-order valence-electron chi connectivity index (χ3n) is 4.28. The lowest BCUT2D eigenvalue weighted by atomic mass is 10.1. The molecule has 0 saturated heterocycles. The van der Waals surface area contributed by atoms with Crippen molar-refractivity contribution in [3.05, 3.63) is 49.4 Å². The Labute approximate surface area is 181 Å². The molecule has 0 radical (unpaired) electrons. The number of methoxy groups -OCH3 is 1. The Morgan fingerprint density at radius 3 is 2.61 bits per heavy atom. The van der Waals surface area contributed by atoms with Crippen LogP contribution < -0.4 is 10.1 Å². The Balaban J connectivity index is 2.47. The number of rotatable bonds is 7. The van der Waals surface area contributed by atoms with Crippen molar-refractivity contribution >= 4 is 40.0 Å². The van der Waals surface area contributed by atoms with Gasteiger partial charge in [-0.2, -0.15) is 5.26 Å². The average Bonchev–Trinajstić information content (AvgIpc) is 3.00. The lowest BCUT2D eigenvalue weighted by Crippen LogP contribution is -2.16. The molecule has 1 aromatic carbocycles. The van der Waals surface area contributed by atoms with Crippen molar-refractivity contribution in [1.82, 2.24) is 0 Å². The number of esters is 1. The second kappa shape index (κ2) is 9.73. The number of thiophene rings is 1. The third kappa shape index (κ3) is 4.99. The van der Waals surface area contributed by atoms with Gasteiger partial charge in [0.25, 0.3) is 11.6 Å². The van der Waals surface area contributed by atoms with Crippen LogP contribution >= 0.6 is 11.3 Å². The molecule has 162 valence electrons. The number of non-ortho nitro benzene ring substituents is 1. The largest absolute Gasteiger partial charge is 0.504 e. The molecule has 31 heavy (non-hydrogen) atoms. The number of phenolic OH excluding ortho intramolecular Hbond substituents is 1. The van der Waals surface area contributed by atoms with Crippen molar-refractivity contribution in [2.75, 3.05) is 19.0 Å². The molecule has 0 saturated carbocycles. The number of aromatic hydroxyl groups is 1. The molecule has 0 atom stereocenters. The van der Waals surface area contributed by atoms with E-state index in [9.17, 15) is 30.1 Å². The summed E-state index contributed by atoms with van der Waals surface area (Å²) in [4.78, 5) is 36.2. The van der Waals surface area contributed by atoms with Crippen LogP contribution in [0.15, 0.2) is 17.7 Å². The lowest BCUT2D eigenvalue weighted by molar-refractivity contribution is -0.385. The summed E-state index contributed by atoms with van der Waals surface area (Å²) in [5.74, 6) is -2.13. The Morgan fingerprint density at radius 2 is 2.06 bits per heavy atom. The van der Waals surface area contributed by atoms with E-state index in [-0.39, 0.29) is 28.5 Å². The van der Waals surface area contributed by atoms with Gasteiger partial charge in [0.2, 0.25) is 0 Å². The molecule has 10 nitrogen and oxygen atoms in total. The number of nitrogens with one attached hydrogen (secondary N) is 1. The van der Waals surface area contributed by atoms with Crippen molar-refractivity contribution in [3.63, 3.8) is 0 Å². The number of aryl methyl sites for hydroxylation is 1. The molecule has 0 aliphatic heterocycles. The van der Waals surface area contributed by atoms with Crippen LogP contribution in [0.1, 0.15) is 33.3 Å². The quantitative estimate of drug-likeness (QED) is 0.215. The highest BCUT2D eigenvalue weighted by molar-refractivity contribution is 7.16. The van der Waals surface area contributed by atoms with E-state index >= 15 is 0 Å². The molecule has 1 amide bonds. The summed E-state index contributed by atoms with van der Waals surface area (Å²) in [5, 5.41) is 33.5. The first kappa shape index (κ1) is 23.4. The Bertz CT molecular complexity index is 1130. The number of ether oxygens (including phenoxy) is 2. The first-order chi connectivity index (χ1) is 14.6. The monoisotopic (exact) mass is 445 g/mol. The molecular formula is C20H19N3O7S. The predicted molar refractivity (Wildman–Crippen MR) is 113 cm³/mol. The summed E-state index contributed by atoms with van der Waals surface area (Å²) in [5.41, 5.74) is -0.164. The predicted octanol–water partition coefficient (Wildman–Crippen LogP) is 3.71. The zero-order valence-corrected chi connectivity index (χ0v) is 18.0. The zero-order chi connectivity index (χ0) is 23.3. The normalized spacial score (nSPS) is 10.9. The fourth-order valence-corrected chi connectivity index (χ4v) is 3.67. The van der Waals surface area contributed by atoms with E-state index in [0.717, 1.165) is 34.4 Å². The number of benzene rings is 1. The van der Waals surface area contributed by atoms with Crippen LogP contribution in [-0.2, 0) is 9.53 Å². The number of hydrogen-bond acceptors (Lipinski definition) is 9. The summed E-state index contributed by atoms with van der Waals surface area (Å²) in [6.45, 7) is 5.29. The molecule has 0 spiro atoms. The molecule has 2 rings (SSSR count). The Morgan fingerprint density at radius 1 is 1.39 bits per heavy atom. The molecule has 2 N–H and O–H groups in total. The smallest absolute Gasteiger partial charge is 0.341 e. The van der Waals surface area contributed by atoms with Crippen LogP contribution in [0.4, 0.5) is 10.7 Å². The standard InChI is InChI=1S/C20H19N3O7S/c1-5-30-20(26)16-10(2)11(3)31-19(16)22-18(25)13(9-21)6-12-7-14(23(27)28)8-15(29-4)17(12)24/h6-8,24H,5H2,1-4H3,(H,22,25)/b13-6-. The van der Waals surface area contributed by atoms with Crippen LogP contribution in [0.5, 0.6) is 11.5 Å². The summed E-state index contributed by atoms with van der Waals surface area (Å²) >= 11 is 1.15. The number of nitro benzene ring substituents is 1. The molecule has 0 unspecified atom stereocenters. The molecule has 0 aliphatic carbocycles. The number of nitriles is 1. The van der Waals surface area contributed by atoms with Gasteiger partial charge >= 0.3 is 5.97 Å². The molecule has 2 aromatic rings. The number of nitro groups is 1. The SMILES string of the molecule is CCOC(=O)c1c(NC(=O)/C(C#N)=C\c2cc([N+](=O)[O-])cc(OC)c2O)sc(C)c1C. The molecule has 1 heterocycles. The minimum absolute atomic E-state index is 0.151. The fourth-order valence-electron chi connectivity index (χ4n) is 2.62. The van der Waals surface area contributed by atoms with Gasteiger partial charge in [-0.1, -0.05) is 0 Å². The number of carbonyl (C=O) groups excluding carboxylic acids is 2. The first-order valence-corrected chi connectivity index (χ1v) is 9.71. The maximum absolute atomic E-state index is 12.7. The Hall–Kier alpha value is -3.91. The topological polar surface area (TPSA) is 152 Å². The van der Waals surface area contributed by atoms with Gasteiger partial charge in [0.15, 0.2) is 11.5 Å². The highest BCUT2D eigenvalue weighted by atomic mass is 32.1. The number of amides is 1. The minimum atomic E-state index is -0.862. The maximum atomic E-state index is 12.7. The number of anilines is 1. The van der Waals surface area contributed by atoms with Crippen molar-refractivity contribution in [2.24, 2.45) is 0 Å². The highest BCUT2D eigenvalue weighted by Gasteiger charge is 2.24. The molecule has 0 fully saturated rings. The molecule has 0 bridgehead atoms. The van der Waals surface area contributed by atoms with Crippen molar-refractivity contribution in [3.8, 4) is 17.6 Å². The van der Waals surface area contributed by atoms with Gasteiger partial charge < -0.3 is 19.9 Å². The summed E-state index contributed by atoms with van der Waals surface area (Å²) < 4.78 is 9.94. The van der Waals surface area contributed by atoms with Crippen molar-refractivity contribution in [2.45, 2.75) is 20.8 Å². The van der Waals surface area contributed by atoms with E-state index in [1.807, 2.05) is 0 Å². The second-order valence-corrected chi connectivity index (χ2v) is 7.40. The van der Waals surface area contributed by atoms with E-state index in [0.29, 0.717) is 5.56 Å². The van der Waals surface area contributed by atoms with E-state index < -0.39 is 33.8 Å². The van der Waals surface area contributed by atoms with Gasteiger partial charge in [-0.25, -0.2) is 4.79 Å². The van der Waals surface area contributed by atoms with E-state index in [4.69, 9.17) is 9.47 Å². The summed E-state index contributed by atoms with van der Waals surface area (Å²) in [7, 11) is 1.21. The van der Waals surface area contributed by atoms with Gasteiger partial charge in [-0.3, -0.25) is 14.9 Å². The van der Waals surface area contributed by atoms with E-state index in [1.54, 1.807) is 26.8 Å². The van der Waals surface area contributed by atoms with Crippen LogP contribution in [0.3, 0.4) is 0 Å². The van der Waals surface area contributed by atoms with Crippen LogP contribution in [-0.4, -0.2) is 35.6 Å². The first-order valence-electron chi connectivity index (χ1n) is 8.90. The molecule has 0 aliphatic rings. The van der Waals surface area contributed by atoms with Gasteiger partial charge in [-0.05, 0) is 32.4 Å². The third-order valence-corrected chi connectivity index (χ3v) is 5.40. The summed E-state index contributed by atoms with van der Waals surface area (Å²) in [6, 6.07) is 3.72. The van der Waals surface area contributed by atoms with E-state index in [2.05, 4.69) is 5.32 Å². The molecule has 1 aromatic heterocycles. The number of hydrogen-bond donors (Lipinski definition) is 2. The van der Waals surface area contributed by atoms with Crippen LogP contribution in [0, 0.1) is 35.3 Å². The Kier molecular flexibility index (Phi) is 7.33. The lowest BCUT2D eigenvalue weighted by Gasteiger charge is -2.08. The highest BCUT2D eigenvalue weighted by Crippen LogP contribution is 2.36. The zero-order valence-electron chi connectivity index (χ0n) is 17.1. The van der Waals surface area contributed by atoms with Gasteiger partial charge in [0.05, 0.1) is 30.3 Å². The van der Waals surface area contributed by atoms with Gasteiger partial charge in [-0.15, -0.1) is 11.3 Å². The van der Waals surface area contributed by atoms with Gasteiger partial charge in [0.1, 0.15) is 16.6 Å². The summed E-state index contributed by atoms with van der Waals surface area (Å²) in [6.07, 6.45) is 0.998. The molecule has 11 heteroatoms. The maximum Gasteiger partial charge on any atom is 0.341 e. The fraction of sp³-hybridized carbons (Fsp3) is 0.250. The minimum Gasteiger partial charge on any atom is -0.504 e. The van der Waals surface area contributed by atoms with Crippen LogP contribution in [0.25, 0.3) is 6.08 Å². The molecular weight excluding hydrogens is 426 g/mol. The second-order valence-electron chi connectivity index (χ2n) is 6.17. The number of nitrogens with zero attached hydrogens (tertiary/aromatic N) is 2. The number of phenols is 1. The van der Waals surface area contributed by atoms with Crippen molar-refractivity contribution in [1.29, 1.82) is 5.26 Å². The van der Waals surface area contributed by atoms with E-state index in [1.165, 1.54) is 7.11 Å². The average molecular weight is 445 g/mol. The van der Waals surface area contributed by atoms with Crippen molar-refractivity contribution < 1.29 is 29.1 Å². The van der Waals surface area contributed by atoms with Gasteiger partial charge in [0, 0.05) is 16.5 Å².